The molecule has 0 aliphatic heterocycles. The zero-order valence-electron chi connectivity index (χ0n) is 20.8. The number of carbonyl (C=O) groups is 1. The van der Waals surface area contributed by atoms with Crippen molar-refractivity contribution in [1.82, 2.24) is 9.66 Å². The van der Waals surface area contributed by atoms with Gasteiger partial charge in [0.15, 0.2) is 23.9 Å². The van der Waals surface area contributed by atoms with Gasteiger partial charge in [-0.05, 0) is 54.1 Å². The second-order valence-corrected chi connectivity index (χ2v) is 8.07. The molecule has 10 heteroatoms. The van der Waals surface area contributed by atoms with Crippen LogP contribution in [-0.4, -0.2) is 49.8 Å². The topological polar surface area (TPSA) is 114 Å². The number of aromatic nitrogens is 2. The molecule has 38 heavy (non-hydrogen) atoms. The molecule has 0 aliphatic rings. The van der Waals surface area contributed by atoms with Gasteiger partial charge in [0, 0.05) is 0 Å². The maximum atomic E-state index is 13.5. The number of hydrogen-bond acceptors (Lipinski definition) is 9. The number of methoxy groups -OCH3 is 3. The van der Waals surface area contributed by atoms with Gasteiger partial charge in [0.25, 0.3) is 5.56 Å². The van der Waals surface area contributed by atoms with Crippen molar-refractivity contribution in [2.45, 2.75) is 0 Å². The lowest BCUT2D eigenvalue weighted by Crippen LogP contribution is -2.20. The monoisotopic (exact) mass is 513 g/mol. The number of nitrogens with zero attached hydrogens (tertiary/aromatic N) is 3. The van der Waals surface area contributed by atoms with Crippen LogP contribution in [0, 0.1) is 0 Å². The van der Waals surface area contributed by atoms with E-state index in [-0.39, 0.29) is 18.0 Å². The summed E-state index contributed by atoms with van der Waals surface area (Å²) in [4.78, 5) is 29.6. The summed E-state index contributed by atoms with van der Waals surface area (Å²) >= 11 is 0. The third-order valence-corrected chi connectivity index (χ3v) is 5.80. The first-order chi connectivity index (χ1) is 18.5. The first kappa shape index (κ1) is 24.6. The highest BCUT2D eigenvalue weighted by Crippen LogP contribution is 2.33. The van der Waals surface area contributed by atoms with Crippen molar-refractivity contribution < 1.29 is 28.2 Å². The van der Waals surface area contributed by atoms with Crippen molar-refractivity contribution >= 4 is 34.1 Å². The Morgan fingerprint density at radius 2 is 1.76 bits per heavy atom. The number of rotatable bonds is 8. The average Bonchev–Trinajstić information content (AvgIpc) is 3.40. The van der Waals surface area contributed by atoms with Crippen molar-refractivity contribution in [2.75, 3.05) is 27.9 Å². The van der Waals surface area contributed by atoms with Gasteiger partial charge in [-0.25, -0.2) is 9.78 Å². The molecule has 3 aromatic carbocycles. The summed E-state index contributed by atoms with van der Waals surface area (Å²) in [5.41, 5.74) is 1.36. The van der Waals surface area contributed by atoms with Crippen LogP contribution in [-0.2, 0) is 9.53 Å². The minimum atomic E-state index is -0.517. The second kappa shape index (κ2) is 10.5. The van der Waals surface area contributed by atoms with Gasteiger partial charge in [0.05, 0.1) is 43.8 Å². The molecular formula is C28H23N3O7. The van der Waals surface area contributed by atoms with Crippen LogP contribution in [0.15, 0.2) is 81.0 Å². The van der Waals surface area contributed by atoms with E-state index in [1.54, 1.807) is 49.6 Å². The number of furan rings is 1. The van der Waals surface area contributed by atoms with E-state index < -0.39 is 5.97 Å². The fourth-order valence-corrected chi connectivity index (χ4v) is 3.92. The Morgan fingerprint density at radius 3 is 2.55 bits per heavy atom. The zero-order chi connectivity index (χ0) is 26.6. The lowest BCUT2D eigenvalue weighted by Gasteiger charge is -2.10. The van der Waals surface area contributed by atoms with Gasteiger partial charge in [-0.1, -0.05) is 18.2 Å². The maximum absolute atomic E-state index is 13.5. The number of esters is 1. The number of carbonyl (C=O) groups excluding carboxylic acids is 1. The van der Waals surface area contributed by atoms with Gasteiger partial charge in [0.1, 0.15) is 11.3 Å². The van der Waals surface area contributed by atoms with E-state index in [0.717, 1.165) is 5.39 Å². The van der Waals surface area contributed by atoms with Crippen LogP contribution in [0.1, 0.15) is 5.56 Å². The van der Waals surface area contributed by atoms with Crippen LogP contribution in [0.2, 0.25) is 0 Å². The molecule has 192 valence electrons. The minimum Gasteiger partial charge on any atom is -0.496 e. The average molecular weight is 514 g/mol. The van der Waals surface area contributed by atoms with E-state index in [0.29, 0.717) is 45.1 Å². The first-order valence-corrected chi connectivity index (χ1v) is 11.5. The highest BCUT2D eigenvalue weighted by molar-refractivity contribution is 5.88. The predicted octanol–water partition coefficient (Wildman–Crippen LogP) is 4.26. The lowest BCUT2D eigenvalue weighted by molar-refractivity contribution is -0.142. The Hall–Kier alpha value is -5.12. The summed E-state index contributed by atoms with van der Waals surface area (Å²) in [6.45, 7) is -0.260. The molecule has 0 aliphatic carbocycles. The van der Waals surface area contributed by atoms with Crippen LogP contribution in [0.4, 0.5) is 0 Å². The Bertz CT molecular complexity index is 1740. The van der Waals surface area contributed by atoms with Gasteiger partial charge in [0.2, 0.25) is 5.82 Å². The van der Waals surface area contributed by atoms with Crippen molar-refractivity contribution in [1.29, 1.82) is 0 Å². The van der Waals surface area contributed by atoms with Crippen LogP contribution in [0.25, 0.3) is 33.5 Å². The second-order valence-electron chi connectivity index (χ2n) is 8.07. The van der Waals surface area contributed by atoms with Crippen molar-refractivity contribution in [3.63, 3.8) is 0 Å². The third kappa shape index (κ3) is 4.66. The Balaban J connectivity index is 1.59. The molecule has 0 N–H and O–H groups in total. The van der Waals surface area contributed by atoms with E-state index >= 15 is 0 Å². The summed E-state index contributed by atoms with van der Waals surface area (Å²) in [5, 5.41) is 5.62. The molecule has 0 saturated carbocycles. The van der Waals surface area contributed by atoms with Gasteiger partial charge >= 0.3 is 5.97 Å². The Morgan fingerprint density at radius 1 is 0.947 bits per heavy atom. The molecule has 0 saturated heterocycles. The highest BCUT2D eigenvalue weighted by atomic mass is 16.6. The molecule has 0 atom stereocenters. The molecule has 5 aromatic rings. The van der Waals surface area contributed by atoms with Gasteiger partial charge in [-0.3, -0.25) is 4.79 Å². The van der Waals surface area contributed by atoms with Crippen LogP contribution >= 0.6 is 0 Å². The standard InChI is InChI=1S/C28H23N3O7/c1-34-21-9-6-10-22-19(21)14-25(38-22)27-30-20-8-5-4-7-18(20)28(33)31(27)29-15-17-11-12-23(24(13-17)35-2)37-16-26(32)36-3/h4-15H,16H2,1-3H3. The third-order valence-electron chi connectivity index (χ3n) is 5.80. The van der Waals surface area contributed by atoms with Crippen LogP contribution in [0.3, 0.4) is 0 Å². The molecule has 5 rings (SSSR count). The number of para-hydroxylation sites is 1. The minimum absolute atomic E-state index is 0.230. The highest BCUT2D eigenvalue weighted by Gasteiger charge is 2.18. The summed E-state index contributed by atoms with van der Waals surface area (Å²) in [6, 6.07) is 19.3. The molecule has 0 radical (unpaired) electrons. The number of fused-ring (bicyclic) bond motifs is 2. The number of ether oxygens (including phenoxy) is 4. The maximum Gasteiger partial charge on any atom is 0.343 e. The fourth-order valence-electron chi connectivity index (χ4n) is 3.92. The zero-order valence-corrected chi connectivity index (χ0v) is 20.8. The number of hydrogen-bond donors (Lipinski definition) is 0. The molecule has 0 amide bonds. The van der Waals surface area contributed by atoms with Crippen molar-refractivity contribution in [3.05, 3.63) is 82.6 Å². The fraction of sp³-hybridized carbons (Fsp3) is 0.143. The lowest BCUT2D eigenvalue weighted by atomic mass is 10.2. The van der Waals surface area contributed by atoms with Gasteiger partial charge in [-0.15, -0.1) is 0 Å². The first-order valence-electron chi connectivity index (χ1n) is 11.5. The van der Waals surface area contributed by atoms with Gasteiger partial charge in [-0.2, -0.15) is 9.78 Å². The van der Waals surface area contributed by atoms with E-state index in [9.17, 15) is 9.59 Å². The molecule has 2 heterocycles. The summed E-state index contributed by atoms with van der Waals surface area (Å²) in [6.07, 6.45) is 1.50. The smallest absolute Gasteiger partial charge is 0.343 e. The molecule has 0 fully saturated rings. The molecule has 0 spiro atoms. The molecule has 0 bridgehead atoms. The van der Waals surface area contributed by atoms with Gasteiger partial charge < -0.3 is 23.4 Å². The summed E-state index contributed by atoms with van der Waals surface area (Å²) in [7, 11) is 4.34. The largest absolute Gasteiger partial charge is 0.496 e. The molecule has 0 unspecified atom stereocenters. The summed E-state index contributed by atoms with van der Waals surface area (Å²) in [5.74, 6) is 1.44. The SMILES string of the molecule is COC(=O)COc1ccc(C=Nn2c(-c3cc4c(OC)cccc4o3)nc3ccccc3c2=O)cc1OC. The van der Waals surface area contributed by atoms with Crippen LogP contribution in [0.5, 0.6) is 17.2 Å². The van der Waals surface area contributed by atoms with E-state index in [1.807, 2.05) is 24.3 Å². The van der Waals surface area contributed by atoms with E-state index in [1.165, 1.54) is 25.1 Å². The normalized spacial score (nSPS) is 11.2. The number of benzene rings is 3. The van der Waals surface area contributed by atoms with E-state index in [2.05, 4.69) is 9.84 Å². The Kier molecular flexibility index (Phi) is 6.77. The Labute approximate surface area is 216 Å². The van der Waals surface area contributed by atoms with Crippen molar-refractivity contribution in [2.24, 2.45) is 5.10 Å². The molecule has 2 aromatic heterocycles. The molecule has 10 nitrogen and oxygen atoms in total. The van der Waals surface area contributed by atoms with E-state index in [4.69, 9.17) is 23.6 Å². The molecular weight excluding hydrogens is 490 g/mol. The van der Waals surface area contributed by atoms with Crippen LogP contribution < -0.4 is 19.8 Å². The summed E-state index contributed by atoms with van der Waals surface area (Å²) < 4.78 is 28.1. The quantitative estimate of drug-likeness (QED) is 0.223. The predicted molar refractivity (Wildman–Crippen MR) is 141 cm³/mol. The van der Waals surface area contributed by atoms with Crippen molar-refractivity contribution in [3.8, 4) is 28.8 Å².